The molecular weight excluding hydrogens is 344 g/mol. The molecule has 0 saturated heterocycles. The number of hydrogen-bond acceptors (Lipinski definition) is 6. The minimum absolute atomic E-state index is 0.378. The van der Waals surface area contributed by atoms with Crippen LogP contribution in [0.25, 0.3) is 10.4 Å². The van der Waals surface area contributed by atoms with Crippen molar-refractivity contribution >= 4 is 29.2 Å². The van der Waals surface area contributed by atoms with Crippen LogP contribution in [0.5, 0.6) is 5.75 Å². The Hall–Kier alpha value is -2.87. The fourth-order valence-corrected chi connectivity index (χ4v) is 3.43. The number of ether oxygens (including phenoxy) is 2. The van der Waals surface area contributed by atoms with Crippen molar-refractivity contribution in [1.82, 2.24) is 10.6 Å². The van der Waals surface area contributed by atoms with Crippen LogP contribution in [0.2, 0.25) is 0 Å². The summed E-state index contributed by atoms with van der Waals surface area (Å²) >= 11 is 1.29. The van der Waals surface area contributed by atoms with Crippen LogP contribution in [0.1, 0.15) is 22.2 Å². The third kappa shape index (κ3) is 3.48. The lowest BCUT2D eigenvalue weighted by molar-refractivity contribution is -0.127. The molecule has 1 unspecified atom stereocenters. The second-order valence-corrected chi connectivity index (χ2v) is 6.42. The van der Waals surface area contributed by atoms with Gasteiger partial charge in [0.25, 0.3) is 5.91 Å². The van der Waals surface area contributed by atoms with Crippen LogP contribution >= 0.6 is 11.3 Å². The molecule has 1 aromatic heterocycles. The van der Waals surface area contributed by atoms with Crippen molar-refractivity contribution in [3.63, 3.8) is 0 Å². The standard InChI is InChI=1S/C17H16N2O5S/c1-9(15(20)19-17(22)18-2)24-16(21)13-7-10-8-23-12-6-4-3-5-11(12)14(10)25-13/h3-7,9H,8H2,1-2H3,(H2,18,19,20,22). The smallest absolute Gasteiger partial charge is 0.349 e. The predicted molar refractivity (Wildman–Crippen MR) is 91.6 cm³/mol. The van der Waals surface area contributed by atoms with Crippen molar-refractivity contribution < 1.29 is 23.9 Å². The molecule has 0 saturated carbocycles. The van der Waals surface area contributed by atoms with E-state index in [2.05, 4.69) is 10.6 Å². The highest BCUT2D eigenvalue weighted by Crippen LogP contribution is 2.42. The van der Waals surface area contributed by atoms with E-state index in [-0.39, 0.29) is 0 Å². The summed E-state index contributed by atoms with van der Waals surface area (Å²) in [5, 5.41) is 4.32. The molecule has 2 heterocycles. The Morgan fingerprint density at radius 3 is 2.80 bits per heavy atom. The first-order valence-corrected chi connectivity index (χ1v) is 8.39. The van der Waals surface area contributed by atoms with Gasteiger partial charge < -0.3 is 14.8 Å². The lowest BCUT2D eigenvalue weighted by Gasteiger charge is -2.16. The van der Waals surface area contributed by atoms with Crippen LogP contribution in [0.4, 0.5) is 4.79 Å². The van der Waals surface area contributed by atoms with E-state index in [1.165, 1.54) is 25.3 Å². The van der Waals surface area contributed by atoms with E-state index in [9.17, 15) is 14.4 Å². The number of fused-ring (bicyclic) bond motifs is 3. The number of para-hydroxylation sites is 1. The Bertz CT molecular complexity index is 845. The molecule has 3 amide bonds. The summed E-state index contributed by atoms with van der Waals surface area (Å²) in [6.07, 6.45) is -1.09. The zero-order valence-electron chi connectivity index (χ0n) is 13.6. The van der Waals surface area contributed by atoms with E-state index in [1.54, 1.807) is 6.07 Å². The first-order chi connectivity index (χ1) is 12.0. The average Bonchev–Trinajstić information content (AvgIpc) is 3.06. The second kappa shape index (κ2) is 6.94. The SMILES string of the molecule is CNC(=O)NC(=O)C(C)OC(=O)c1cc2c(s1)-c1ccccc1OC2. The third-order valence-electron chi connectivity index (χ3n) is 3.64. The Labute approximate surface area is 147 Å². The van der Waals surface area contributed by atoms with Gasteiger partial charge in [0.15, 0.2) is 6.10 Å². The number of thiophene rings is 1. The van der Waals surface area contributed by atoms with Crippen molar-refractivity contribution in [2.75, 3.05) is 7.05 Å². The van der Waals surface area contributed by atoms with E-state index in [4.69, 9.17) is 9.47 Å². The first kappa shape index (κ1) is 17.0. The molecule has 0 radical (unpaired) electrons. The van der Waals surface area contributed by atoms with Crippen molar-refractivity contribution in [2.45, 2.75) is 19.6 Å². The van der Waals surface area contributed by atoms with Gasteiger partial charge in [0.05, 0.1) is 0 Å². The lowest BCUT2D eigenvalue weighted by Crippen LogP contribution is -2.43. The van der Waals surface area contributed by atoms with Crippen LogP contribution in [0.15, 0.2) is 30.3 Å². The van der Waals surface area contributed by atoms with Crippen LogP contribution in [0.3, 0.4) is 0 Å². The maximum absolute atomic E-state index is 12.3. The number of hydrogen-bond donors (Lipinski definition) is 2. The number of esters is 1. The minimum atomic E-state index is -1.09. The number of carbonyl (C=O) groups excluding carboxylic acids is 3. The van der Waals surface area contributed by atoms with Gasteiger partial charge in [-0.3, -0.25) is 10.1 Å². The molecule has 1 aliphatic rings. The Kier molecular flexibility index (Phi) is 4.71. The molecule has 1 aromatic carbocycles. The normalized spacial score (nSPS) is 12.9. The predicted octanol–water partition coefficient (Wildman–Crippen LogP) is 2.31. The van der Waals surface area contributed by atoms with Crippen molar-refractivity contribution in [3.8, 4) is 16.2 Å². The highest BCUT2D eigenvalue weighted by Gasteiger charge is 2.25. The lowest BCUT2D eigenvalue weighted by atomic mass is 10.1. The van der Waals surface area contributed by atoms with E-state index < -0.39 is 24.0 Å². The zero-order valence-corrected chi connectivity index (χ0v) is 14.4. The summed E-state index contributed by atoms with van der Waals surface area (Å²) in [5.74, 6) is -0.533. The molecule has 1 atom stereocenters. The van der Waals surface area contributed by atoms with Gasteiger partial charge in [-0.25, -0.2) is 9.59 Å². The molecule has 0 aliphatic carbocycles. The van der Waals surface area contributed by atoms with Gasteiger partial charge in [-0.1, -0.05) is 12.1 Å². The van der Waals surface area contributed by atoms with Crippen molar-refractivity contribution in [1.29, 1.82) is 0 Å². The molecule has 2 N–H and O–H groups in total. The summed E-state index contributed by atoms with van der Waals surface area (Å²) in [4.78, 5) is 36.6. The van der Waals surface area contributed by atoms with Crippen LogP contribution in [0, 0.1) is 0 Å². The molecule has 8 heteroatoms. The molecule has 1 aliphatic heterocycles. The summed E-state index contributed by atoms with van der Waals surface area (Å²) in [5.41, 5.74) is 1.83. The first-order valence-electron chi connectivity index (χ1n) is 7.58. The monoisotopic (exact) mass is 360 g/mol. The average molecular weight is 360 g/mol. The largest absolute Gasteiger partial charge is 0.488 e. The maximum Gasteiger partial charge on any atom is 0.349 e. The Morgan fingerprint density at radius 1 is 1.28 bits per heavy atom. The molecule has 0 bridgehead atoms. The molecule has 130 valence electrons. The molecule has 0 spiro atoms. The van der Waals surface area contributed by atoms with Gasteiger partial charge in [-0.05, 0) is 25.1 Å². The van der Waals surface area contributed by atoms with Crippen LogP contribution in [-0.2, 0) is 16.1 Å². The number of carbonyl (C=O) groups is 3. The van der Waals surface area contributed by atoms with Gasteiger partial charge in [0.1, 0.15) is 17.2 Å². The van der Waals surface area contributed by atoms with Gasteiger partial charge in [0, 0.05) is 23.1 Å². The molecule has 0 fully saturated rings. The maximum atomic E-state index is 12.3. The second-order valence-electron chi connectivity index (χ2n) is 5.37. The molecular formula is C17H16N2O5S. The number of rotatable bonds is 3. The highest BCUT2D eigenvalue weighted by molar-refractivity contribution is 7.17. The number of imide groups is 1. The zero-order chi connectivity index (χ0) is 18.0. The summed E-state index contributed by atoms with van der Waals surface area (Å²) in [6.45, 7) is 1.78. The quantitative estimate of drug-likeness (QED) is 0.819. The molecule has 2 aromatic rings. The fourth-order valence-electron chi connectivity index (χ4n) is 2.35. The van der Waals surface area contributed by atoms with Gasteiger partial charge >= 0.3 is 12.0 Å². The van der Waals surface area contributed by atoms with Gasteiger partial charge in [-0.15, -0.1) is 11.3 Å². The minimum Gasteiger partial charge on any atom is -0.488 e. The summed E-state index contributed by atoms with van der Waals surface area (Å²) < 4.78 is 10.8. The van der Waals surface area contributed by atoms with E-state index in [0.717, 1.165) is 21.8 Å². The van der Waals surface area contributed by atoms with Crippen LogP contribution < -0.4 is 15.4 Å². The van der Waals surface area contributed by atoms with E-state index in [0.29, 0.717) is 11.5 Å². The Morgan fingerprint density at radius 2 is 2.04 bits per heavy atom. The number of benzene rings is 1. The van der Waals surface area contributed by atoms with E-state index in [1.807, 2.05) is 24.3 Å². The Balaban J connectivity index is 1.74. The number of nitrogens with one attached hydrogen (secondary N) is 2. The van der Waals surface area contributed by atoms with Crippen molar-refractivity contribution in [2.24, 2.45) is 0 Å². The number of amides is 3. The topological polar surface area (TPSA) is 93.7 Å². The summed E-state index contributed by atoms with van der Waals surface area (Å²) in [7, 11) is 1.38. The molecule has 25 heavy (non-hydrogen) atoms. The van der Waals surface area contributed by atoms with Crippen molar-refractivity contribution in [3.05, 3.63) is 40.8 Å². The van der Waals surface area contributed by atoms with Crippen LogP contribution in [-0.4, -0.2) is 31.1 Å². The molecule has 7 nitrogen and oxygen atoms in total. The summed E-state index contributed by atoms with van der Waals surface area (Å²) in [6, 6.07) is 8.65. The van der Waals surface area contributed by atoms with Gasteiger partial charge in [0.2, 0.25) is 0 Å². The molecule has 3 rings (SSSR count). The highest BCUT2D eigenvalue weighted by atomic mass is 32.1. The fraction of sp³-hybridized carbons (Fsp3) is 0.235. The van der Waals surface area contributed by atoms with Gasteiger partial charge in [-0.2, -0.15) is 0 Å². The number of urea groups is 1. The van der Waals surface area contributed by atoms with E-state index >= 15 is 0 Å². The third-order valence-corrected chi connectivity index (χ3v) is 4.83.